The number of aromatic nitrogens is 2. The van der Waals surface area contributed by atoms with Crippen LogP contribution >= 0.6 is 0 Å². The van der Waals surface area contributed by atoms with E-state index in [0.29, 0.717) is 6.54 Å². The molecular weight excluding hydrogens is 272 g/mol. The SMILES string of the molecule is CCNc1nn(CC(=O)OCC)c(N)c1S(C)(=O)=O. The molecule has 0 amide bonds. The summed E-state index contributed by atoms with van der Waals surface area (Å²) < 4.78 is 29.3. The van der Waals surface area contributed by atoms with Gasteiger partial charge < -0.3 is 15.8 Å². The minimum atomic E-state index is -3.54. The van der Waals surface area contributed by atoms with Crippen LogP contribution < -0.4 is 11.1 Å². The van der Waals surface area contributed by atoms with E-state index in [1.165, 1.54) is 0 Å². The number of carbonyl (C=O) groups is 1. The number of nitrogens with one attached hydrogen (secondary N) is 1. The zero-order chi connectivity index (χ0) is 14.6. The molecule has 0 atom stereocenters. The number of hydrogen-bond donors (Lipinski definition) is 2. The average Bonchev–Trinajstić information content (AvgIpc) is 2.55. The first-order chi connectivity index (χ1) is 8.81. The molecule has 19 heavy (non-hydrogen) atoms. The normalized spacial score (nSPS) is 11.3. The maximum Gasteiger partial charge on any atom is 0.327 e. The third-order valence-electron chi connectivity index (χ3n) is 2.25. The van der Waals surface area contributed by atoms with Gasteiger partial charge in [0, 0.05) is 12.8 Å². The Morgan fingerprint density at radius 3 is 2.58 bits per heavy atom. The van der Waals surface area contributed by atoms with Crippen molar-refractivity contribution in [2.24, 2.45) is 0 Å². The molecule has 8 nitrogen and oxygen atoms in total. The van der Waals surface area contributed by atoms with Crippen molar-refractivity contribution in [3.8, 4) is 0 Å². The lowest BCUT2D eigenvalue weighted by molar-refractivity contribution is -0.143. The van der Waals surface area contributed by atoms with Crippen molar-refractivity contribution in [1.29, 1.82) is 0 Å². The monoisotopic (exact) mass is 290 g/mol. The summed E-state index contributed by atoms with van der Waals surface area (Å²) >= 11 is 0. The van der Waals surface area contributed by atoms with Gasteiger partial charge in [0.05, 0.1) is 6.61 Å². The second-order valence-corrected chi connectivity index (χ2v) is 5.78. The molecule has 0 aliphatic carbocycles. The molecule has 108 valence electrons. The molecule has 0 fully saturated rings. The molecule has 0 aliphatic rings. The number of nitrogens with zero attached hydrogens (tertiary/aromatic N) is 2. The average molecular weight is 290 g/mol. The second-order valence-electron chi connectivity index (χ2n) is 3.83. The van der Waals surface area contributed by atoms with E-state index >= 15 is 0 Å². The highest BCUT2D eigenvalue weighted by atomic mass is 32.2. The maximum absolute atomic E-state index is 11.7. The quantitative estimate of drug-likeness (QED) is 0.700. The summed E-state index contributed by atoms with van der Waals surface area (Å²) in [6, 6.07) is 0. The predicted molar refractivity (Wildman–Crippen MR) is 70.5 cm³/mol. The van der Waals surface area contributed by atoms with Gasteiger partial charge in [0.25, 0.3) is 0 Å². The molecule has 0 bridgehead atoms. The molecule has 1 aromatic heterocycles. The minimum Gasteiger partial charge on any atom is -0.465 e. The Labute approximate surface area is 111 Å². The Morgan fingerprint density at radius 1 is 1.47 bits per heavy atom. The van der Waals surface area contributed by atoms with E-state index in [1.807, 2.05) is 0 Å². The number of esters is 1. The molecular formula is C10H18N4O4S. The highest BCUT2D eigenvalue weighted by Crippen LogP contribution is 2.26. The summed E-state index contributed by atoms with van der Waals surface area (Å²) in [4.78, 5) is 11.3. The molecule has 9 heteroatoms. The largest absolute Gasteiger partial charge is 0.465 e. The van der Waals surface area contributed by atoms with Crippen molar-refractivity contribution in [1.82, 2.24) is 9.78 Å². The summed E-state index contributed by atoms with van der Waals surface area (Å²) in [5.41, 5.74) is 5.74. The summed E-state index contributed by atoms with van der Waals surface area (Å²) in [5, 5.41) is 6.79. The fourth-order valence-electron chi connectivity index (χ4n) is 1.56. The maximum atomic E-state index is 11.7. The molecule has 1 rings (SSSR count). The van der Waals surface area contributed by atoms with Gasteiger partial charge in [-0.15, -0.1) is 0 Å². The van der Waals surface area contributed by atoms with E-state index in [-0.39, 0.29) is 29.7 Å². The smallest absolute Gasteiger partial charge is 0.327 e. The molecule has 0 unspecified atom stereocenters. The van der Waals surface area contributed by atoms with Crippen LogP contribution in [0.15, 0.2) is 4.90 Å². The van der Waals surface area contributed by atoms with Gasteiger partial charge in [0.1, 0.15) is 12.4 Å². The Bertz CT molecular complexity index is 564. The minimum absolute atomic E-state index is 0.0773. The van der Waals surface area contributed by atoms with Crippen LogP contribution in [0, 0.1) is 0 Å². The van der Waals surface area contributed by atoms with Crippen LogP contribution in [-0.4, -0.2) is 43.6 Å². The molecule has 0 saturated carbocycles. The van der Waals surface area contributed by atoms with E-state index in [1.54, 1.807) is 13.8 Å². The zero-order valence-corrected chi connectivity index (χ0v) is 12.0. The van der Waals surface area contributed by atoms with Gasteiger partial charge in [-0.2, -0.15) is 5.10 Å². The Balaban J connectivity index is 3.18. The van der Waals surface area contributed by atoms with Crippen LogP contribution in [0.4, 0.5) is 11.6 Å². The third-order valence-corrected chi connectivity index (χ3v) is 3.39. The number of ether oxygens (including phenoxy) is 1. The van der Waals surface area contributed by atoms with Crippen molar-refractivity contribution in [2.45, 2.75) is 25.3 Å². The van der Waals surface area contributed by atoms with Crippen molar-refractivity contribution >= 4 is 27.4 Å². The van der Waals surface area contributed by atoms with Gasteiger partial charge >= 0.3 is 5.97 Å². The number of carbonyl (C=O) groups excluding carboxylic acids is 1. The number of hydrogen-bond acceptors (Lipinski definition) is 7. The van der Waals surface area contributed by atoms with E-state index in [4.69, 9.17) is 10.5 Å². The Kier molecular flexibility index (Phi) is 4.76. The standard InChI is InChI=1S/C10H18N4O4S/c1-4-12-10-8(19(3,16)17)9(11)14(13-10)6-7(15)18-5-2/h4-6,11H2,1-3H3,(H,12,13). The fourth-order valence-corrected chi connectivity index (χ4v) is 2.51. The Morgan fingerprint density at radius 2 is 2.11 bits per heavy atom. The molecule has 0 radical (unpaired) electrons. The van der Waals surface area contributed by atoms with Crippen LogP contribution in [0.3, 0.4) is 0 Å². The van der Waals surface area contributed by atoms with Gasteiger partial charge in [0.2, 0.25) is 0 Å². The van der Waals surface area contributed by atoms with Crippen molar-refractivity contribution in [3.05, 3.63) is 0 Å². The lowest BCUT2D eigenvalue weighted by Crippen LogP contribution is -2.16. The lowest BCUT2D eigenvalue weighted by Gasteiger charge is -2.03. The summed E-state index contributed by atoms with van der Waals surface area (Å²) in [5.74, 6) is -0.460. The van der Waals surface area contributed by atoms with Crippen LogP contribution in [0.25, 0.3) is 0 Å². The topological polar surface area (TPSA) is 116 Å². The summed E-state index contributed by atoms with van der Waals surface area (Å²) in [6.45, 7) is 3.97. The van der Waals surface area contributed by atoms with E-state index in [9.17, 15) is 13.2 Å². The van der Waals surface area contributed by atoms with E-state index in [0.717, 1.165) is 10.9 Å². The summed E-state index contributed by atoms with van der Waals surface area (Å²) in [6.07, 6.45) is 1.04. The highest BCUT2D eigenvalue weighted by molar-refractivity contribution is 7.91. The molecule has 0 aromatic carbocycles. The number of rotatable bonds is 6. The van der Waals surface area contributed by atoms with E-state index < -0.39 is 15.8 Å². The number of sulfone groups is 1. The fraction of sp³-hybridized carbons (Fsp3) is 0.600. The molecule has 3 N–H and O–H groups in total. The third kappa shape index (κ3) is 3.60. The first-order valence-electron chi connectivity index (χ1n) is 5.77. The highest BCUT2D eigenvalue weighted by Gasteiger charge is 2.24. The van der Waals surface area contributed by atoms with E-state index in [2.05, 4.69) is 10.4 Å². The van der Waals surface area contributed by atoms with Crippen molar-refractivity contribution in [2.75, 3.05) is 30.5 Å². The van der Waals surface area contributed by atoms with Crippen molar-refractivity contribution in [3.63, 3.8) is 0 Å². The predicted octanol–water partition coefficient (Wildman–Crippen LogP) is -0.136. The number of nitrogens with two attached hydrogens (primary N) is 1. The summed E-state index contributed by atoms with van der Waals surface area (Å²) in [7, 11) is -3.54. The van der Waals surface area contributed by atoms with Crippen LogP contribution in [0.1, 0.15) is 13.8 Å². The molecule has 0 saturated heterocycles. The molecule has 1 heterocycles. The number of anilines is 2. The van der Waals surface area contributed by atoms with Crippen LogP contribution in [0.5, 0.6) is 0 Å². The van der Waals surface area contributed by atoms with Gasteiger partial charge in [-0.25, -0.2) is 13.1 Å². The van der Waals surface area contributed by atoms with Crippen molar-refractivity contribution < 1.29 is 17.9 Å². The van der Waals surface area contributed by atoms with Gasteiger partial charge in [-0.05, 0) is 13.8 Å². The molecule has 1 aromatic rings. The lowest BCUT2D eigenvalue weighted by atomic mass is 10.5. The molecule has 0 aliphatic heterocycles. The van der Waals surface area contributed by atoms with Gasteiger partial charge in [-0.3, -0.25) is 4.79 Å². The van der Waals surface area contributed by atoms with Crippen LogP contribution in [-0.2, 0) is 25.9 Å². The van der Waals surface area contributed by atoms with Crippen LogP contribution in [0.2, 0.25) is 0 Å². The zero-order valence-electron chi connectivity index (χ0n) is 11.1. The first-order valence-corrected chi connectivity index (χ1v) is 7.66. The molecule has 0 spiro atoms. The Hall–Kier alpha value is -1.77. The number of nitrogen functional groups attached to an aromatic ring is 1. The van der Waals surface area contributed by atoms with Gasteiger partial charge in [-0.1, -0.05) is 0 Å². The first kappa shape index (κ1) is 15.3. The van der Waals surface area contributed by atoms with Gasteiger partial charge in [0.15, 0.2) is 20.6 Å². The second kappa shape index (κ2) is 5.91.